The summed E-state index contributed by atoms with van der Waals surface area (Å²) in [5.41, 5.74) is 1.68. The molecule has 0 heterocycles. The molecule has 0 saturated heterocycles. The van der Waals surface area contributed by atoms with Crippen molar-refractivity contribution in [3.63, 3.8) is 0 Å². The lowest BCUT2D eigenvalue weighted by Crippen LogP contribution is -1.98. The first kappa shape index (κ1) is 16.0. The maximum absolute atomic E-state index is 10.4. The molecule has 0 aliphatic heterocycles. The molecule has 0 atom stereocenters. The molecule has 0 fully saturated rings. The molecule has 0 radical (unpaired) electrons. The third-order valence-corrected chi connectivity index (χ3v) is 3.58. The van der Waals surface area contributed by atoms with Gasteiger partial charge in [-0.2, -0.15) is 0 Å². The lowest BCUT2D eigenvalue weighted by molar-refractivity contribution is -0.400. The van der Waals surface area contributed by atoms with Crippen LogP contribution in [0, 0.1) is 10.1 Å². The fourth-order valence-corrected chi connectivity index (χ4v) is 2.28. The summed E-state index contributed by atoms with van der Waals surface area (Å²) in [5.74, 6) is 1.08. The molecule has 0 amide bonds. The number of benzene rings is 2. The number of hydrogen-bond acceptors (Lipinski definition) is 4. The highest BCUT2D eigenvalue weighted by Gasteiger charge is 2.10. The third kappa shape index (κ3) is 4.33. The number of nitro groups is 1. The van der Waals surface area contributed by atoms with Crippen LogP contribution in [0.5, 0.6) is 11.5 Å². The van der Waals surface area contributed by atoms with Crippen LogP contribution in [0.15, 0.2) is 53.1 Å². The van der Waals surface area contributed by atoms with Gasteiger partial charge < -0.3 is 9.47 Å². The minimum atomic E-state index is -0.515. The molecule has 0 spiro atoms. The predicted molar refractivity (Wildman–Crippen MR) is 87.5 cm³/mol. The minimum absolute atomic E-state index is 0.410. The normalized spacial score (nSPS) is 10.6. The highest BCUT2D eigenvalue weighted by molar-refractivity contribution is 9.10. The number of nitrogens with zero attached hydrogens (tertiary/aromatic N) is 1. The largest absolute Gasteiger partial charge is 0.493 e. The number of methoxy groups -OCH3 is 1. The highest BCUT2D eigenvalue weighted by atomic mass is 79.9. The van der Waals surface area contributed by atoms with Crippen molar-refractivity contribution in [1.29, 1.82) is 0 Å². The molecule has 0 bridgehead atoms. The van der Waals surface area contributed by atoms with Crippen LogP contribution in [0.2, 0.25) is 0 Å². The van der Waals surface area contributed by atoms with Crippen LogP contribution in [0.25, 0.3) is 6.08 Å². The van der Waals surface area contributed by atoms with Gasteiger partial charge in [-0.05, 0) is 23.3 Å². The van der Waals surface area contributed by atoms with Gasteiger partial charge in [0.25, 0.3) is 0 Å². The molecular formula is C16H14BrNO4. The van der Waals surface area contributed by atoms with Gasteiger partial charge in [0, 0.05) is 10.5 Å². The first-order valence-electron chi connectivity index (χ1n) is 6.46. The molecule has 22 heavy (non-hydrogen) atoms. The second kappa shape index (κ2) is 7.61. The Morgan fingerprint density at radius 1 is 1.23 bits per heavy atom. The monoisotopic (exact) mass is 363 g/mol. The second-order valence-corrected chi connectivity index (χ2v) is 5.25. The number of halogens is 1. The standard InChI is InChI=1S/C16H14BrNO4/c1-21-15-9-13(7-8-18(19)20)14(17)10-16(15)22-11-12-5-3-2-4-6-12/h2-10H,11H2,1H3/b8-7-. The fourth-order valence-electron chi connectivity index (χ4n) is 1.83. The van der Waals surface area contributed by atoms with Crippen molar-refractivity contribution in [3.05, 3.63) is 74.4 Å². The smallest absolute Gasteiger partial charge is 0.235 e. The van der Waals surface area contributed by atoms with Crippen molar-refractivity contribution in [1.82, 2.24) is 0 Å². The lowest BCUT2D eigenvalue weighted by Gasteiger charge is -2.12. The summed E-state index contributed by atoms with van der Waals surface area (Å²) in [5, 5.41) is 10.4. The van der Waals surface area contributed by atoms with E-state index in [1.807, 2.05) is 30.3 Å². The van der Waals surface area contributed by atoms with Gasteiger partial charge in [0.2, 0.25) is 6.20 Å². The molecule has 2 aromatic carbocycles. The fraction of sp³-hybridized carbons (Fsp3) is 0.125. The van der Waals surface area contributed by atoms with Crippen LogP contribution in [0.1, 0.15) is 11.1 Å². The summed E-state index contributed by atoms with van der Waals surface area (Å²) in [6.07, 6.45) is 2.28. The van der Waals surface area contributed by atoms with Crippen LogP contribution in [0.3, 0.4) is 0 Å². The summed E-state index contributed by atoms with van der Waals surface area (Å²) >= 11 is 3.38. The van der Waals surface area contributed by atoms with E-state index >= 15 is 0 Å². The first-order chi connectivity index (χ1) is 10.6. The molecule has 114 valence electrons. The van der Waals surface area contributed by atoms with E-state index in [0.29, 0.717) is 28.1 Å². The van der Waals surface area contributed by atoms with Crippen LogP contribution in [-0.4, -0.2) is 12.0 Å². The average molecular weight is 364 g/mol. The van der Waals surface area contributed by atoms with E-state index < -0.39 is 4.92 Å². The number of ether oxygens (including phenoxy) is 2. The van der Waals surface area contributed by atoms with E-state index in [-0.39, 0.29) is 0 Å². The number of rotatable bonds is 6. The molecule has 0 aromatic heterocycles. The molecule has 0 aliphatic rings. The molecule has 2 aromatic rings. The molecule has 6 heteroatoms. The van der Waals surface area contributed by atoms with Crippen molar-refractivity contribution in [2.75, 3.05) is 7.11 Å². The van der Waals surface area contributed by atoms with Gasteiger partial charge in [-0.15, -0.1) is 0 Å². The van der Waals surface area contributed by atoms with Crippen molar-refractivity contribution in [3.8, 4) is 11.5 Å². The van der Waals surface area contributed by atoms with E-state index in [2.05, 4.69) is 15.9 Å². The van der Waals surface area contributed by atoms with E-state index in [9.17, 15) is 10.1 Å². The Kier molecular flexibility index (Phi) is 5.55. The Bertz CT molecular complexity index is 686. The van der Waals surface area contributed by atoms with Crippen molar-refractivity contribution < 1.29 is 14.4 Å². The summed E-state index contributed by atoms with van der Waals surface area (Å²) < 4.78 is 11.7. The molecule has 0 saturated carbocycles. The topological polar surface area (TPSA) is 61.6 Å². The lowest BCUT2D eigenvalue weighted by atomic mass is 10.2. The molecule has 0 unspecified atom stereocenters. The van der Waals surface area contributed by atoms with Gasteiger partial charge >= 0.3 is 0 Å². The van der Waals surface area contributed by atoms with Crippen LogP contribution in [0.4, 0.5) is 0 Å². The van der Waals surface area contributed by atoms with Gasteiger partial charge in [0.1, 0.15) is 6.61 Å². The molecular weight excluding hydrogens is 350 g/mol. The zero-order chi connectivity index (χ0) is 15.9. The maximum Gasteiger partial charge on any atom is 0.235 e. The van der Waals surface area contributed by atoms with Gasteiger partial charge in [-0.25, -0.2) is 0 Å². The maximum atomic E-state index is 10.4. The number of hydrogen-bond donors (Lipinski definition) is 0. The van der Waals surface area contributed by atoms with Gasteiger partial charge in [-0.1, -0.05) is 46.3 Å². The Labute approximate surface area is 136 Å². The predicted octanol–water partition coefficient (Wildman–Crippen LogP) is 4.28. The van der Waals surface area contributed by atoms with Crippen LogP contribution < -0.4 is 9.47 Å². The Hall–Kier alpha value is -2.34. The van der Waals surface area contributed by atoms with E-state index in [1.54, 1.807) is 12.1 Å². The SMILES string of the molecule is COc1cc(/C=C\[N+](=O)[O-])c(Br)cc1OCc1ccccc1. The summed E-state index contributed by atoms with van der Waals surface area (Å²) in [7, 11) is 1.53. The van der Waals surface area contributed by atoms with Crippen LogP contribution in [-0.2, 0) is 6.61 Å². The zero-order valence-electron chi connectivity index (χ0n) is 11.9. The van der Waals surface area contributed by atoms with Crippen molar-refractivity contribution in [2.45, 2.75) is 6.61 Å². The van der Waals surface area contributed by atoms with Gasteiger partial charge in [-0.3, -0.25) is 10.1 Å². The minimum Gasteiger partial charge on any atom is -0.493 e. The molecule has 2 rings (SSSR count). The Morgan fingerprint density at radius 3 is 2.59 bits per heavy atom. The second-order valence-electron chi connectivity index (χ2n) is 4.40. The highest BCUT2D eigenvalue weighted by Crippen LogP contribution is 2.34. The van der Waals surface area contributed by atoms with Crippen molar-refractivity contribution in [2.24, 2.45) is 0 Å². The van der Waals surface area contributed by atoms with Gasteiger partial charge in [0.05, 0.1) is 12.0 Å². The molecule has 0 N–H and O–H groups in total. The average Bonchev–Trinajstić information content (AvgIpc) is 2.52. The van der Waals surface area contributed by atoms with E-state index in [1.165, 1.54) is 13.2 Å². The zero-order valence-corrected chi connectivity index (χ0v) is 13.4. The van der Waals surface area contributed by atoms with Crippen molar-refractivity contribution >= 4 is 22.0 Å². The first-order valence-corrected chi connectivity index (χ1v) is 7.25. The van der Waals surface area contributed by atoms with Crippen LogP contribution >= 0.6 is 15.9 Å². The molecule has 5 nitrogen and oxygen atoms in total. The van der Waals surface area contributed by atoms with Gasteiger partial charge in [0.15, 0.2) is 11.5 Å². The third-order valence-electron chi connectivity index (χ3n) is 2.90. The summed E-state index contributed by atoms with van der Waals surface area (Å²) in [4.78, 5) is 9.90. The summed E-state index contributed by atoms with van der Waals surface area (Å²) in [6, 6.07) is 13.2. The quantitative estimate of drug-likeness (QED) is 0.567. The van der Waals surface area contributed by atoms with E-state index in [4.69, 9.17) is 9.47 Å². The Balaban J connectivity index is 2.21. The van der Waals surface area contributed by atoms with E-state index in [0.717, 1.165) is 11.8 Å². The molecule has 0 aliphatic carbocycles. The summed E-state index contributed by atoms with van der Waals surface area (Å²) in [6.45, 7) is 0.410. The Morgan fingerprint density at radius 2 is 1.95 bits per heavy atom.